The monoisotopic (exact) mass is 746 g/mol. The smallest absolute Gasteiger partial charge is 0.356 e. The van der Waals surface area contributed by atoms with E-state index >= 15 is 0 Å². The highest BCUT2D eigenvalue weighted by molar-refractivity contribution is 7.13. The number of nitrogens with two attached hydrogens (primary N) is 1. The molecule has 0 unspecified atom stereocenters. The van der Waals surface area contributed by atoms with Gasteiger partial charge in [-0.3, -0.25) is 19.3 Å². The summed E-state index contributed by atoms with van der Waals surface area (Å²) >= 11 is 1.10. The molecule has 0 radical (unpaired) electrons. The summed E-state index contributed by atoms with van der Waals surface area (Å²) in [6.07, 6.45) is 1.83. The van der Waals surface area contributed by atoms with Gasteiger partial charge in [-0.05, 0) is 18.4 Å². The van der Waals surface area contributed by atoms with E-state index in [0.717, 1.165) is 32.9 Å². The molecule has 13 nitrogen and oxygen atoms in total. The first-order valence-electron chi connectivity index (χ1n) is 17.5. The first-order chi connectivity index (χ1) is 26.1. The summed E-state index contributed by atoms with van der Waals surface area (Å²) in [5.74, 6) is -2.87. The third-order valence-electron chi connectivity index (χ3n) is 9.49. The number of carboxylic acid groups (broad SMARTS) is 1. The number of hydrogen-bond acceptors (Lipinski definition) is 10. The number of rotatable bonds is 12. The fourth-order valence-corrected chi connectivity index (χ4v) is 7.55. The van der Waals surface area contributed by atoms with E-state index in [-0.39, 0.29) is 40.7 Å². The van der Waals surface area contributed by atoms with Crippen molar-refractivity contribution in [2.45, 2.75) is 38.0 Å². The van der Waals surface area contributed by atoms with Gasteiger partial charge in [0.2, 0.25) is 11.5 Å². The van der Waals surface area contributed by atoms with Crippen LogP contribution in [0.25, 0.3) is 0 Å². The number of benzene rings is 3. The molecule has 0 aliphatic carbocycles. The summed E-state index contributed by atoms with van der Waals surface area (Å²) < 4.78 is 5.88. The van der Waals surface area contributed by atoms with Gasteiger partial charge < -0.3 is 30.6 Å². The zero-order chi connectivity index (χ0) is 38.0. The maximum absolute atomic E-state index is 14.2. The molecule has 7 rings (SSSR count). The van der Waals surface area contributed by atoms with Gasteiger partial charge in [-0.1, -0.05) is 110 Å². The van der Waals surface area contributed by atoms with Gasteiger partial charge in [-0.25, -0.2) is 9.78 Å². The number of likely N-dealkylation sites (tertiary alicyclic amines) is 1. The second-order valence-electron chi connectivity index (χ2n) is 13.5. The van der Waals surface area contributed by atoms with Crippen molar-refractivity contribution in [3.05, 3.63) is 142 Å². The summed E-state index contributed by atoms with van der Waals surface area (Å²) in [4.78, 5) is 67.0. The quantitative estimate of drug-likeness (QED) is 0.0628. The Morgan fingerprint density at radius 2 is 1.63 bits per heavy atom. The van der Waals surface area contributed by atoms with E-state index in [1.165, 1.54) is 6.08 Å². The highest BCUT2D eigenvalue weighted by Crippen LogP contribution is 2.41. The van der Waals surface area contributed by atoms with Crippen LogP contribution < -0.4 is 11.1 Å². The molecular formula is C40H38N6O7S. The standard InChI is InChI=1S/C40H38N6O7S/c1-24(2)21-45-19-18-25(36(45)48)20-31-34(38(50)51)46-30(22-52-31)33(37(46)49)43-35(47)32(29-23-54-39(41)42-29)44-53-40(26-12-6-3-7-13-26,27-14-8-4-9-15-27)28-16-10-5-11-17-28/h3-17,20,23-24,30,33H,18-19,21-22H2,1-2H3,(H2,41,42)(H,43,47)(H,50,51)/b25-20+,44-32-/t30-,33+/m1/s1. The number of nitrogen functional groups attached to an aromatic ring is 1. The van der Waals surface area contributed by atoms with Crippen molar-refractivity contribution in [3.63, 3.8) is 0 Å². The van der Waals surface area contributed by atoms with Crippen LogP contribution in [-0.4, -0.2) is 81.1 Å². The first-order valence-corrected chi connectivity index (χ1v) is 18.3. The lowest BCUT2D eigenvalue weighted by atomic mass is 9.80. The molecule has 14 heteroatoms. The lowest BCUT2D eigenvalue weighted by molar-refractivity contribution is -0.159. The minimum atomic E-state index is -1.40. The Kier molecular flexibility index (Phi) is 10.0. The summed E-state index contributed by atoms with van der Waals surface area (Å²) in [6, 6.07) is 26.4. The van der Waals surface area contributed by atoms with Crippen molar-refractivity contribution in [3.8, 4) is 0 Å². The highest BCUT2D eigenvalue weighted by Gasteiger charge is 2.55. The number of carbonyl (C=O) groups is 4. The predicted octanol–water partition coefficient (Wildman–Crippen LogP) is 4.27. The Labute approximate surface area is 315 Å². The molecular weight excluding hydrogens is 709 g/mol. The number of hydrogen-bond donors (Lipinski definition) is 3. The SMILES string of the molecule is CC(C)CN1CC/C(=C\C2=C(C(=O)O)N3C(=O)[C@@H](NC(=O)/C(=N\OC(c4ccccc4)(c4ccccc4)c4ccccc4)c4csc(N)n4)[C@H]3CO2)C1=O. The fourth-order valence-electron chi connectivity index (χ4n) is 7.01. The van der Waals surface area contributed by atoms with Crippen LogP contribution in [0.5, 0.6) is 0 Å². The molecule has 3 amide bonds. The van der Waals surface area contributed by atoms with Crippen LogP contribution in [0, 0.1) is 5.92 Å². The number of oxime groups is 1. The van der Waals surface area contributed by atoms with Crippen LogP contribution in [0.4, 0.5) is 5.13 Å². The molecule has 3 aliphatic rings. The third-order valence-corrected chi connectivity index (χ3v) is 10.2. The van der Waals surface area contributed by atoms with Crippen LogP contribution in [0.15, 0.2) is 125 Å². The number of aliphatic carboxylic acids is 1. The Morgan fingerprint density at radius 3 is 2.15 bits per heavy atom. The van der Waals surface area contributed by atoms with Crippen LogP contribution >= 0.6 is 11.3 Å². The van der Waals surface area contributed by atoms with Crippen molar-refractivity contribution in [2.75, 3.05) is 25.4 Å². The average molecular weight is 747 g/mol. The highest BCUT2D eigenvalue weighted by atomic mass is 32.1. The second kappa shape index (κ2) is 15.0. The van der Waals surface area contributed by atoms with Gasteiger partial charge in [0.15, 0.2) is 22.3 Å². The van der Waals surface area contributed by atoms with Crippen molar-refractivity contribution >= 4 is 45.9 Å². The topological polar surface area (TPSA) is 177 Å². The maximum atomic E-state index is 14.2. The number of anilines is 1. The molecule has 4 heterocycles. The Morgan fingerprint density at radius 1 is 1.04 bits per heavy atom. The number of nitrogens with zero attached hydrogens (tertiary/aromatic N) is 4. The minimum absolute atomic E-state index is 0.0840. The van der Waals surface area contributed by atoms with Crippen molar-refractivity contribution in [1.82, 2.24) is 20.1 Å². The molecule has 2 saturated heterocycles. The number of β-lactam (4-membered cyclic amide) rings is 1. The van der Waals surface area contributed by atoms with E-state index < -0.39 is 41.2 Å². The van der Waals surface area contributed by atoms with E-state index in [9.17, 15) is 24.3 Å². The summed E-state index contributed by atoms with van der Waals surface area (Å²) in [5, 5.41) is 19.1. The zero-order valence-corrected chi connectivity index (χ0v) is 30.4. The van der Waals surface area contributed by atoms with Crippen LogP contribution in [0.1, 0.15) is 42.7 Å². The van der Waals surface area contributed by atoms with Gasteiger partial charge in [-0.15, -0.1) is 11.3 Å². The molecule has 1 aromatic heterocycles. The number of thiazole rings is 1. The van der Waals surface area contributed by atoms with Gasteiger partial charge in [0.1, 0.15) is 24.4 Å². The first kappa shape index (κ1) is 36.1. The molecule has 0 bridgehead atoms. The summed E-state index contributed by atoms with van der Waals surface area (Å²) in [5.41, 5.74) is 6.75. The fraction of sp³-hybridized carbons (Fsp3) is 0.250. The van der Waals surface area contributed by atoms with Gasteiger partial charge >= 0.3 is 5.97 Å². The molecule has 0 saturated carbocycles. The maximum Gasteiger partial charge on any atom is 0.356 e. The lowest BCUT2D eigenvalue weighted by Gasteiger charge is -2.49. The Bertz CT molecular complexity index is 2070. The molecule has 2 fully saturated rings. The number of carbonyl (C=O) groups excluding carboxylic acids is 3. The van der Waals surface area contributed by atoms with Crippen LogP contribution in [0.2, 0.25) is 0 Å². The number of nitrogens with one attached hydrogen (secondary N) is 1. The predicted molar refractivity (Wildman–Crippen MR) is 201 cm³/mol. The molecule has 4 N–H and O–H groups in total. The van der Waals surface area contributed by atoms with E-state index in [1.54, 1.807) is 10.3 Å². The molecule has 4 aromatic rings. The second-order valence-corrected chi connectivity index (χ2v) is 14.4. The lowest BCUT2D eigenvalue weighted by Crippen LogP contribution is -2.73. The normalized spacial score (nSPS) is 19.5. The number of allylic oxidation sites excluding steroid dienone is 1. The van der Waals surface area contributed by atoms with Gasteiger partial charge in [0, 0.05) is 40.7 Å². The Balaban J connectivity index is 1.20. The van der Waals surface area contributed by atoms with Crippen LogP contribution in [-0.2, 0) is 34.4 Å². The minimum Gasteiger partial charge on any atom is -0.489 e. The molecule has 3 aromatic carbocycles. The summed E-state index contributed by atoms with van der Waals surface area (Å²) in [7, 11) is 0. The summed E-state index contributed by atoms with van der Waals surface area (Å²) in [6.45, 7) is 4.99. The van der Waals surface area contributed by atoms with Crippen molar-refractivity contribution < 1.29 is 33.9 Å². The number of amides is 3. The number of ether oxygens (including phenoxy) is 1. The molecule has 2 atom stereocenters. The van der Waals surface area contributed by atoms with Crippen LogP contribution in [0.3, 0.4) is 0 Å². The number of aromatic nitrogens is 1. The molecule has 54 heavy (non-hydrogen) atoms. The van der Waals surface area contributed by atoms with E-state index in [0.29, 0.717) is 25.1 Å². The van der Waals surface area contributed by atoms with E-state index in [1.807, 2.05) is 105 Å². The van der Waals surface area contributed by atoms with E-state index in [4.69, 9.17) is 15.3 Å². The molecule has 276 valence electrons. The number of carboxylic acids is 1. The third kappa shape index (κ3) is 6.71. The van der Waals surface area contributed by atoms with Gasteiger partial charge in [-0.2, -0.15) is 0 Å². The largest absolute Gasteiger partial charge is 0.489 e. The molecule has 3 aliphatic heterocycles. The van der Waals surface area contributed by atoms with Crippen molar-refractivity contribution in [1.29, 1.82) is 0 Å². The van der Waals surface area contributed by atoms with Gasteiger partial charge in [0.25, 0.3) is 11.8 Å². The van der Waals surface area contributed by atoms with Gasteiger partial charge in [0.05, 0.1) is 0 Å². The van der Waals surface area contributed by atoms with Crippen molar-refractivity contribution in [2.24, 2.45) is 11.1 Å². The average Bonchev–Trinajstić information content (AvgIpc) is 3.76. The molecule has 0 spiro atoms. The zero-order valence-electron chi connectivity index (χ0n) is 29.5. The Hall–Kier alpha value is -6.28. The van der Waals surface area contributed by atoms with E-state index in [2.05, 4.69) is 15.5 Å². The number of fused-ring (bicyclic) bond motifs is 1.